The predicted molar refractivity (Wildman–Crippen MR) is 100 cm³/mol. The molecule has 0 bridgehead atoms. The maximum Gasteiger partial charge on any atom is 0.392 e. The van der Waals surface area contributed by atoms with E-state index in [0.717, 1.165) is 4.90 Å². The first-order valence-electron chi connectivity index (χ1n) is 7.99. The molecule has 11 heteroatoms. The molecule has 3 rings (SSSR count). The van der Waals surface area contributed by atoms with Crippen LogP contribution in [-0.2, 0) is 11.3 Å². The lowest BCUT2D eigenvalue weighted by molar-refractivity contribution is -0.106. The van der Waals surface area contributed by atoms with Gasteiger partial charge in [-0.1, -0.05) is 38.5 Å². The van der Waals surface area contributed by atoms with Crippen LogP contribution in [0.25, 0.3) is 11.2 Å². The van der Waals surface area contributed by atoms with Gasteiger partial charge in [-0.2, -0.15) is 18.2 Å². The Morgan fingerprint density at radius 1 is 1.19 bits per heavy atom. The lowest BCUT2D eigenvalue weighted by atomic mass is 10.4. The van der Waals surface area contributed by atoms with Crippen LogP contribution < -0.4 is 5.73 Å². The number of nitrogens with two attached hydrogens (primary N) is 1. The van der Waals surface area contributed by atoms with Crippen molar-refractivity contribution in [1.29, 1.82) is 0 Å². The molecule has 0 amide bonds. The van der Waals surface area contributed by atoms with Gasteiger partial charge in [-0.15, -0.1) is 0 Å². The molecule has 1 atom stereocenters. The molecule has 0 saturated carbocycles. The fraction of sp³-hybridized carbons (Fsp3) is 0.312. The highest BCUT2D eigenvalue weighted by Crippen LogP contribution is 2.31. The normalized spacial score (nSPS) is 12.4. The third-order valence-electron chi connectivity index (χ3n) is 3.41. The van der Waals surface area contributed by atoms with Crippen LogP contribution in [0.5, 0.6) is 0 Å². The van der Waals surface area contributed by atoms with Gasteiger partial charge in [-0.05, 0) is 12.1 Å². The highest BCUT2D eigenvalue weighted by atomic mass is 32.2. The van der Waals surface area contributed by atoms with Gasteiger partial charge in [0.1, 0.15) is 10.5 Å². The number of halogens is 3. The average Bonchev–Trinajstić information content (AvgIpc) is 3.01. The van der Waals surface area contributed by atoms with Crippen molar-refractivity contribution in [3.63, 3.8) is 0 Å². The summed E-state index contributed by atoms with van der Waals surface area (Å²) in [6.07, 6.45) is -3.26. The summed E-state index contributed by atoms with van der Waals surface area (Å²) in [5.41, 5.74) is 7.02. The number of nitrogens with zero attached hydrogens (tertiary/aromatic N) is 4. The van der Waals surface area contributed by atoms with Crippen molar-refractivity contribution < 1.29 is 17.9 Å². The number of hydrogen-bond donors (Lipinski definition) is 1. The van der Waals surface area contributed by atoms with E-state index < -0.39 is 12.3 Å². The largest absolute Gasteiger partial charge is 0.392 e. The van der Waals surface area contributed by atoms with Gasteiger partial charge >= 0.3 is 6.18 Å². The summed E-state index contributed by atoms with van der Waals surface area (Å²) in [6, 6.07) is 9.71. The van der Waals surface area contributed by atoms with Gasteiger partial charge in [-0.25, -0.2) is 9.97 Å². The zero-order valence-corrected chi connectivity index (χ0v) is 15.9. The van der Waals surface area contributed by atoms with Gasteiger partial charge in [-0.3, -0.25) is 0 Å². The molecule has 2 heterocycles. The molecule has 27 heavy (non-hydrogen) atoms. The number of fused-ring (bicyclic) bond motifs is 1. The summed E-state index contributed by atoms with van der Waals surface area (Å²) in [4.78, 5) is 13.9. The van der Waals surface area contributed by atoms with Crippen LogP contribution >= 0.6 is 20.3 Å². The summed E-state index contributed by atoms with van der Waals surface area (Å²) >= 11 is 1.44. The molecule has 0 spiro atoms. The van der Waals surface area contributed by atoms with Crippen LogP contribution in [0, 0.1) is 0 Å². The first-order valence-corrected chi connectivity index (χ1v) is 10.2. The minimum atomic E-state index is -4.14. The van der Waals surface area contributed by atoms with Crippen molar-refractivity contribution in [3.8, 4) is 0 Å². The zero-order chi connectivity index (χ0) is 19.3. The van der Waals surface area contributed by atoms with E-state index in [1.807, 2.05) is 30.3 Å². The number of aromatic nitrogens is 4. The Labute approximate surface area is 159 Å². The van der Waals surface area contributed by atoms with Crippen molar-refractivity contribution in [2.45, 2.75) is 22.6 Å². The van der Waals surface area contributed by atoms with Crippen LogP contribution in [0.2, 0.25) is 0 Å². The number of nitrogen functional groups attached to an aromatic ring is 1. The van der Waals surface area contributed by atoms with Gasteiger partial charge in [0.05, 0.1) is 25.4 Å². The second-order valence-electron chi connectivity index (χ2n) is 5.51. The van der Waals surface area contributed by atoms with Crippen molar-refractivity contribution in [2.75, 3.05) is 24.9 Å². The topological polar surface area (TPSA) is 78.8 Å². The number of hydrogen-bond acceptors (Lipinski definition) is 6. The Bertz CT molecular complexity index is 891. The number of benzene rings is 1. The van der Waals surface area contributed by atoms with Gasteiger partial charge in [0, 0.05) is 11.4 Å². The van der Waals surface area contributed by atoms with Crippen LogP contribution in [0.15, 0.2) is 46.6 Å². The average molecular weight is 415 g/mol. The Kier molecular flexibility index (Phi) is 6.51. The number of imidazole rings is 1. The van der Waals surface area contributed by atoms with E-state index in [1.165, 1.54) is 11.8 Å². The molecule has 1 aromatic carbocycles. The van der Waals surface area contributed by atoms with Crippen molar-refractivity contribution in [2.24, 2.45) is 0 Å². The van der Waals surface area contributed by atoms with Crippen molar-refractivity contribution >= 4 is 37.5 Å². The zero-order valence-electron chi connectivity index (χ0n) is 14.1. The molecule has 0 aliphatic heterocycles. The molecule has 2 aromatic heterocycles. The van der Waals surface area contributed by atoms with Crippen LogP contribution in [-0.4, -0.2) is 44.8 Å². The van der Waals surface area contributed by atoms with E-state index in [2.05, 4.69) is 15.0 Å². The van der Waals surface area contributed by atoms with Gasteiger partial charge in [0.15, 0.2) is 5.65 Å². The minimum absolute atomic E-state index is 0.0817. The molecule has 3 aromatic rings. The maximum atomic E-state index is 12.1. The molecular weight excluding hydrogens is 398 g/mol. The maximum absolute atomic E-state index is 12.1. The Hall–Kier alpha value is -1.90. The predicted octanol–water partition coefficient (Wildman–Crippen LogP) is 3.77. The van der Waals surface area contributed by atoms with Gasteiger partial charge in [0.25, 0.3) is 0 Å². The highest BCUT2D eigenvalue weighted by Gasteiger charge is 2.26. The first-order chi connectivity index (χ1) is 12.9. The van der Waals surface area contributed by atoms with E-state index in [0.29, 0.717) is 22.7 Å². The highest BCUT2D eigenvalue weighted by molar-refractivity contribution is 7.99. The van der Waals surface area contributed by atoms with Gasteiger partial charge in [0.2, 0.25) is 5.95 Å². The molecule has 0 fully saturated rings. The number of rotatable bonds is 8. The number of anilines is 1. The lowest BCUT2D eigenvalue weighted by Crippen LogP contribution is -2.11. The van der Waals surface area contributed by atoms with E-state index in [1.54, 1.807) is 10.9 Å². The molecule has 0 saturated heterocycles. The minimum Gasteiger partial charge on any atom is -0.375 e. The molecule has 1 unspecified atom stereocenters. The van der Waals surface area contributed by atoms with E-state index in [4.69, 9.17) is 10.5 Å². The molecule has 6 nitrogen and oxygen atoms in total. The standard InChI is InChI=1S/C16H17F3N5OPS/c17-16(18,19)8-26-10-25-7-6-24-9-21-12-13(24)22-15(20)23-14(12)27-11-4-2-1-3-5-11/h1-5,9,26H,6-8,10H2,(H2,20,22,23). The smallest absolute Gasteiger partial charge is 0.375 e. The lowest BCUT2D eigenvalue weighted by Gasteiger charge is -2.08. The second kappa shape index (κ2) is 8.86. The van der Waals surface area contributed by atoms with E-state index in [-0.39, 0.29) is 27.5 Å². The summed E-state index contributed by atoms with van der Waals surface area (Å²) in [5, 5.41) is 0.648. The molecular formula is C16H17F3N5OPS. The van der Waals surface area contributed by atoms with Crippen LogP contribution in [0.3, 0.4) is 0 Å². The SMILES string of the molecule is Nc1nc(Sc2ccccc2)c2ncn(CCOCPCC(F)(F)F)c2n1. The Balaban J connectivity index is 1.64. The third kappa shape index (κ3) is 5.79. The summed E-state index contributed by atoms with van der Waals surface area (Å²) in [6.45, 7) is 0.681. The van der Waals surface area contributed by atoms with Crippen molar-refractivity contribution in [1.82, 2.24) is 19.5 Å². The van der Waals surface area contributed by atoms with E-state index in [9.17, 15) is 13.2 Å². The monoisotopic (exact) mass is 415 g/mol. The molecule has 2 N–H and O–H groups in total. The number of ether oxygens (including phenoxy) is 1. The molecule has 0 radical (unpaired) electrons. The molecule has 0 aliphatic carbocycles. The molecule has 144 valence electrons. The first kappa shape index (κ1) is 19.9. The van der Waals surface area contributed by atoms with Crippen molar-refractivity contribution in [3.05, 3.63) is 36.7 Å². The molecule has 0 aliphatic rings. The quantitative estimate of drug-likeness (QED) is 0.343. The number of alkyl halides is 3. The van der Waals surface area contributed by atoms with Gasteiger partial charge < -0.3 is 15.0 Å². The Morgan fingerprint density at radius 2 is 1.96 bits per heavy atom. The summed E-state index contributed by atoms with van der Waals surface area (Å²) < 4.78 is 43.4. The van der Waals surface area contributed by atoms with Crippen LogP contribution in [0.4, 0.5) is 19.1 Å². The van der Waals surface area contributed by atoms with E-state index >= 15 is 0 Å². The Morgan fingerprint density at radius 3 is 2.70 bits per heavy atom. The fourth-order valence-electron chi connectivity index (χ4n) is 2.27. The summed E-state index contributed by atoms with van der Waals surface area (Å²) in [7, 11) is -0.301. The summed E-state index contributed by atoms with van der Waals surface area (Å²) in [5.74, 6) is 0.134. The third-order valence-corrected chi connectivity index (χ3v) is 5.46. The fourth-order valence-corrected chi connectivity index (χ4v) is 3.84. The second-order valence-corrected chi connectivity index (χ2v) is 7.71. The van der Waals surface area contributed by atoms with Crippen LogP contribution in [0.1, 0.15) is 0 Å².